The van der Waals surface area contributed by atoms with Crippen molar-refractivity contribution in [3.05, 3.63) is 53.8 Å². The molecule has 0 heterocycles. The van der Waals surface area contributed by atoms with Gasteiger partial charge >= 0.3 is 13.3 Å². The Morgan fingerprint density at radius 2 is 1.86 bits per heavy atom. The highest BCUT2D eigenvalue weighted by atomic mass is 19.1. The van der Waals surface area contributed by atoms with E-state index in [1.807, 2.05) is 0 Å². The molecule has 0 aliphatic heterocycles. The van der Waals surface area contributed by atoms with Crippen LogP contribution in [0.2, 0.25) is 0 Å². The number of halogens is 1. The lowest BCUT2D eigenvalue weighted by atomic mass is 10.1. The molecule has 0 bridgehead atoms. The van der Waals surface area contributed by atoms with Gasteiger partial charge in [0, 0.05) is 6.07 Å². The summed E-state index contributed by atoms with van der Waals surface area (Å²) in [7, 11) is -0.917. The molecule has 2 N–H and O–H groups in total. The quantitative estimate of drug-likeness (QED) is 0.646. The molecule has 2 aromatic rings. The van der Waals surface area contributed by atoms with Gasteiger partial charge in [-0.3, -0.25) is 0 Å². The topological polar surface area (TPSA) is 85.2 Å². The third kappa shape index (κ3) is 3.97. The lowest BCUT2D eigenvalue weighted by Gasteiger charge is -2.12. The fourth-order valence-corrected chi connectivity index (χ4v) is 1.72. The molecule has 2 aromatic carbocycles. The molecule has 0 aromatic heterocycles. The number of esters is 1. The summed E-state index contributed by atoms with van der Waals surface area (Å²) in [4.78, 5) is 11.7. The molecule has 2 rings (SSSR count). The molecule has 0 fully saturated rings. The van der Waals surface area contributed by atoms with Crippen molar-refractivity contribution >= 4 is 13.3 Å². The maximum atomic E-state index is 13.1. The standard InChI is InChI=1S/C14H12BFO6/c1-20-14(17)12-8-11(5-6-13(12)22-15(18)19)21-10-4-2-3-9(16)7-10/h2-8,18-19H,1H3. The average Bonchev–Trinajstić information content (AvgIpc) is 2.47. The number of rotatable bonds is 5. The van der Waals surface area contributed by atoms with E-state index in [0.717, 1.165) is 0 Å². The first-order chi connectivity index (χ1) is 10.5. The smallest absolute Gasteiger partial charge is 0.511 e. The normalized spacial score (nSPS) is 10.0. The van der Waals surface area contributed by atoms with Crippen molar-refractivity contribution in [3.8, 4) is 17.2 Å². The molecule has 6 nitrogen and oxygen atoms in total. The monoisotopic (exact) mass is 306 g/mol. The van der Waals surface area contributed by atoms with E-state index in [9.17, 15) is 9.18 Å². The second kappa shape index (κ2) is 6.92. The molecular weight excluding hydrogens is 294 g/mol. The Bertz CT molecular complexity index is 676. The van der Waals surface area contributed by atoms with Crippen molar-refractivity contribution in [1.29, 1.82) is 0 Å². The van der Waals surface area contributed by atoms with Crippen molar-refractivity contribution in [2.24, 2.45) is 0 Å². The minimum absolute atomic E-state index is 0.0653. The van der Waals surface area contributed by atoms with E-state index >= 15 is 0 Å². The van der Waals surface area contributed by atoms with Crippen molar-refractivity contribution in [1.82, 2.24) is 0 Å². The van der Waals surface area contributed by atoms with Gasteiger partial charge in [0.1, 0.15) is 28.6 Å². The number of carbonyl (C=O) groups excluding carboxylic acids is 1. The average molecular weight is 306 g/mol. The Balaban J connectivity index is 2.31. The predicted molar refractivity (Wildman–Crippen MR) is 75.1 cm³/mol. The van der Waals surface area contributed by atoms with Gasteiger partial charge in [0.2, 0.25) is 0 Å². The van der Waals surface area contributed by atoms with E-state index in [4.69, 9.17) is 14.8 Å². The van der Waals surface area contributed by atoms with Crippen LogP contribution in [0.15, 0.2) is 42.5 Å². The van der Waals surface area contributed by atoms with Gasteiger partial charge in [-0.2, -0.15) is 0 Å². The summed E-state index contributed by atoms with van der Waals surface area (Å²) in [5, 5.41) is 17.7. The lowest BCUT2D eigenvalue weighted by molar-refractivity contribution is 0.0597. The van der Waals surface area contributed by atoms with Crippen LogP contribution < -0.4 is 9.39 Å². The highest BCUT2D eigenvalue weighted by Crippen LogP contribution is 2.28. The predicted octanol–water partition coefficient (Wildman–Crippen LogP) is 1.75. The van der Waals surface area contributed by atoms with Gasteiger partial charge in [0.25, 0.3) is 0 Å². The summed E-state index contributed by atoms with van der Waals surface area (Å²) in [5.74, 6) is -0.833. The van der Waals surface area contributed by atoms with E-state index in [-0.39, 0.29) is 22.8 Å². The first kappa shape index (κ1) is 15.8. The third-order valence-corrected chi connectivity index (χ3v) is 2.62. The van der Waals surface area contributed by atoms with Crippen molar-refractivity contribution < 1.29 is 33.4 Å². The van der Waals surface area contributed by atoms with Gasteiger partial charge in [-0.15, -0.1) is 0 Å². The van der Waals surface area contributed by atoms with E-state index in [1.165, 1.54) is 43.5 Å². The summed E-state index contributed by atoms with van der Waals surface area (Å²) in [6.45, 7) is 0. The van der Waals surface area contributed by atoms with Crippen molar-refractivity contribution in [2.45, 2.75) is 0 Å². The third-order valence-electron chi connectivity index (χ3n) is 2.62. The second-order valence-electron chi connectivity index (χ2n) is 4.15. The minimum Gasteiger partial charge on any atom is -0.511 e. The molecule has 22 heavy (non-hydrogen) atoms. The summed E-state index contributed by atoms with van der Waals surface area (Å²) in [6.07, 6.45) is 0. The highest BCUT2D eigenvalue weighted by molar-refractivity contribution is 6.34. The first-order valence-corrected chi connectivity index (χ1v) is 6.18. The summed E-state index contributed by atoms with van der Waals surface area (Å²) in [5.41, 5.74) is -0.0653. The van der Waals surface area contributed by atoms with Crippen LogP contribution in [0.25, 0.3) is 0 Å². The summed E-state index contributed by atoms with van der Waals surface area (Å²) < 4.78 is 27.8. The van der Waals surface area contributed by atoms with Gasteiger partial charge < -0.3 is 24.2 Å². The molecule has 0 aliphatic carbocycles. The van der Waals surface area contributed by atoms with Crippen molar-refractivity contribution in [3.63, 3.8) is 0 Å². The van der Waals surface area contributed by atoms with Gasteiger partial charge in [-0.05, 0) is 30.3 Å². The summed E-state index contributed by atoms with van der Waals surface area (Å²) >= 11 is 0. The number of hydrogen-bond acceptors (Lipinski definition) is 6. The fourth-order valence-electron chi connectivity index (χ4n) is 1.72. The van der Waals surface area contributed by atoms with E-state index < -0.39 is 19.1 Å². The number of hydrogen-bond donors (Lipinski definition) is 2. The SMILES string of the molecule is COC(=O)c1cc(Oc2cccc(F)c2)ccc1OB(O)O. The van der Waals surface area contributed by atoms with Gasteiger partial charge in [-0.25, -0.2) is 9.18 Å². The van der Waals surface area contributed by atoms with Crippen LogP contribution in [-0.4, -0.2) is 30.4 Å². The molecule has 8 heteroatoms. The zero-order chi connectivity index (χ0) is 16.1. The maximum absolute atomic E-state index is 13.1. The highest BCUT2D eigenvalue weighted by Gasteiger charge is 2.20. The van der Waals surface area contributed by atoms with E-state index in [2.05, 4.69) is 9.39 Å². The second-order valence-corrected chi connectivity index (χ2v) is 4.15. The van der Waals surface area contributed by atoms with Gasteiger partial charge in [-0.1, -0.05) is 6.07 Å². The molecular formula is C14H12BFO6. The molecule has 0 amide bonds. The van der Waals surface area contributed by atoms with Crippen LogP contribution in [0.4, 0.5) is 4.39 Å². The molecule has 0 atom stereocenters. The zero-order valence-corrected chi connectivity index (χ0v) is 11.5. The molecule has 0 saturated heterocycles. The Hall–Kier alpha value is -2.58. The van der Waals surface area contributed by atoms with Gasteiger partial charge in [0.15, 0.2) is 0 Å². The van der Waals surface area contributed by atoms with Crippen LogP contribution in [0.1, 0.15) is 10.4 Å². The van der Waals surface area contributed by atoms with Crippen LogP contribution >= 0.6 is 0 Å². The minimum atomic E-state index is -2.08. The largest absolute Gasteiger partial charge is 0.707 e. The zero-order valence-electron chi connectivity index (χ0n) is 11.5. The fraction of sp³-hybridized carbons (Fsp3) is 0.0714. The van der Waals surface area contributed by atoms with E-state index in [1.54, 1.807) is 6.07 Å². The number of methoxy groups -OCH3 is 1. The Labute approximate surface area is 125 Å². The Morgan fingerprint density at radius 3 is 2.50 bits per heavy atom. The van der Waals surface area contributed by atoms with Crippen LogP contribution in [-0.2, 0) is 4.74 Å². The molecule has 0 unspecified atom stereocenters. The number of carbonyl (C=O) groups is 1. The Morgan fingerprint density at radius 1 is 1.14 bits per heavy atom. The van der Waals surface area contributed by atoms with E-state index in [0.29, 0.717) is 0 Å². The number of ether oxygens (including phenoxy) is 2. The van der Waals surface area contributed by atoms with Crippen LogP contribution in [0, 0.1) is 5.82 Å². The summed E-state index contributed by atoms with van der Waals surface area (Å²) in [6, 6.07) is 9.49. The van der Waals surface area contributed by atoms with Crippen LogP contribution in [0.5, 0.6) is 17.2 Å². The maximum Gasteiger partial charge on any atom is 0.707 e. The number of benzene rings is 2. The molecule has 0 aliphatic rings. The molecule has 0 radical (unpaired) electrons. The Kier molecular flexibility index (Phi) is 4.97. The van der Waals surface area contributed by atoms with Crippen LogP contribution in [0.3, 0.4) is 0 Å². The first-order valence-electron chi connectivity index (χ1n) is 6.18. The van der Waals surface area contributed by atoms with Gasteiger partial charge in [0.05, 0.1) is 7.11 Å². The molecule has 0 spiro atoms. The van der Waals surface area contributed by atoms with Crippen molar-refractivity contribution in [2.75, 3.05) is 7.11 Å². The lowest BCUT2D eigenvalue weighted by Crippen LogP contribution is -2.22. The molecule has 114 valence electrons. The molecule has 0 saturated carbocycles.